The van der Waals surface area contributed by atoms with Crippen molar-refractivity contribution in [3.63, 3.8) is 0 Å². The van der Waals surface area contributed by atoms with Gasteiger partial charge in [-0.15, -0.1) is 0 Å². The molecule has 0 aromatic carbocycles. The average Bonchev–Trinajstić information content (AvgIpc) is 2.58. The van der Waals surface area contributed by atoms with Gasteiger partial charge >= 0.3 is 0 Å². The summed E-state index contributed by atoms with van der Waals surface area (Å²) < 4.78 is 1.97. The molecule has 3 rings (SSSR count). The van der Waals surface area contributed by atoms with Crippen LogP contribution < -0.4 is 5.49 Å². The highest BCUT2D eigenvalue weighted by molar-refractivity contribution is 6.30. The predicted octanol–water partition coefficient (Wildman–Crippen LogP) is 4.39. The van der Waals surface area contributed by atoms with Gasteiger partial charge in [0.05, 0.1) is 18.1 Å². The van der Waals surface area contributed by atoms with E-state index in [2.05, 4.69) is 15.0 Å². The zero-order valence-electron chi connectivity index (χ0n) is 12.5. The molecule has 24 heavy (non-hydrogen) atoms. The summed E-state index contributed by atoms with van der Waals surface area (Å²) in [4.78, 5) is 12.8. The van der Waals surface area contributed by atoms with Gasteiger partial charge in [0.2, 0.25) is 0 Å². The van der Waals surface area contributed by atoms with Crippen molar-refractivity contribution in [3.05, 3.63) is 86.9 Å². The summed E-state index contributed by atoms with van der Waals surface area (Å²) in [5.74, 6) is 0. The molecule has 0 radical (unpaired) electrons. The lowest BCUT2D eigenvalue weighted by molar-refractivity contribution is 0.723. The van der Waals surface area contributed by atoms with Crippen molar-refractivity contribution in [1.82, 2.24) is 14.5 Å². The number of rotatable bonds is 4. The minimum Gasteiger partial charge on any atom is -0.327 e. The van der Waals surface area contributed by atoms with Crippen molar-refractivity contribution in [1.29, 1.82) is 0 Å². The van der Waals surface area contributed by atoms with Gasteiger partial charge in [-0.2, -0.15) is 0 Å². The van der Waals surface area contributed by atoms with Gasteiger partial charge in [0.15, 0.2) is 0 Å². The van der Waals surface area contributed by atoms with Gasteiger partial charge in [-0.05, 0) is 35.4 Å². The Kier molecular flexibility index (Phi) is 5.51. The topological polar surface area (TPSA) is 43.1 Å². The first-order chi connectivity index (χ1) is 11.6. The van der Waals surface area contributed by atoms with E-state index in [0.29, 0.717) is 28.4 Å². The normalized spacial score (nSPS) is 11.7. The molecule has 0 amide bonds. The van der Waals surface area contributed by atoms with E-state index in [-0.39, 0.29) is 0 Å². The molecule has 0 atom stereocenters. The molecule has 122 valence electrons. The van der Waals surface area contributed by atoms with Crippen molar-refractivity contribution in [2.75, 3.05) is 0 Å². The zero-order chi connectivity index (χ0) is 16.9. The van der Waals surface area contributed by atoms with E-state index >= 15 is 0 Å². The highest BCUT2D eigenvalue weighted by Crippen LogP contribution is 2.09. The minimum absolute atomic E-state index is 0.468. The van der Waals surface area contributed by atoms with E-state index in [1.807, 2.05) is 35.0 Å². The third kappa shape index (κ3) is 4.57. The summed E-state index contributed by atoms with van der Waals surface area (Å²) >= 11 is 17.7. The van der Waals surface area contributed by atoms with E-state index in [4.69, 9.17) is 34.8 Å². The Hall–Kier alpha value is -1.88. The van der Waals surface area contributed by atoms with Gasteiger partial charge in [0.25, 0.3) is 0 Å². The number of hydrogen-bond donors (Lipinski definition) is 0. The second-order valence-electron chi connectivity index (χ2n) is 5.13. The second kappa shape index (κ2) is 7.79. The first-order valence-electron chi connectivity index (χ1n) is 7.17. The lowest BCUT2D eigenvalue weighted by Gasteiger charge is -2.08. The third-order valence-electron chi connectivity index (χ3n) is 3.32. The molecule has 0 saturated carbocycles. The van der Waals surface area contributed by atoms with Crippen LogP contribution in [0.2, 0.25) is 15.3 Å². The molecule has 0 aliphatic heterocycles. The standard InChI is InChI=1S/C17H13Cl3N4/c18-14-3-6-17(23-8-12-1-4-15(19)21-7-12)24(11-14)10-13-2-5-16(20)22-9-13/h1-7,9,11H,8,10H2/b23-17-. The van der Waals surface area contributed by atoms with Crippen LogP contribution in [0.4, 0.5) is 0 Å². The summed E-state index contributed by atoms with van der Waals surface area (Å²) in [5.41, 5.74) is 2.80. The Bertz CT molecular complexity index is 887. The van der Waals surface area contributed by atoms with Crippen LogP contribution in [0.15, 0.2) is 60.0 Å². The molecule has 0 saturated heterocycles. The summed E-state index contributed by atoms with van der Waals surface area (Å²) in [6.07, 6.45) is 5.30. The van der Waals surface area contributed by atoms with Crippen LogP contribution in [0.25, 0.3) is 0 Å². The monoisotopic (exact) mass is 378 g/mol. The molecule has 0 spiro atoms. The first kappa shape index (κ1) is 17.0. The molecule has 3 aromatic rings. The molecule has 7 heteroatoms. The maximum Gasteiger partial charge on any atom is 0.129 e. The fourth-order valence-electron chi connectivity index (χ4n) is 2.15. The molecule has 4 nitrogen and oxygen atoms in total. The average molecular weight is 380 g/mol. The van der Waals surface area contributed by atoms with Crippen LogP contribution >= 0.6 is 34.8 Å². The predicted molar refractivity (Wildman–Crippen MR) is 96.3 cm³/mol. The lowest BCUT2D eigenvalue weighted by atomic mass is 10.3. The summed E-state index contributed by atoms with van der Waals surface area (Å²) in [6, 6.07) is 11.0. The summed E-state index contributed by atoms with van der Waals surface area (Å²) in [5, 5.41) is 1.58. The van der Waals surface area contributed by atoms with Crippen molar-refractivity contribution in [2.45, 2.75) is 13.1 Å². The Balaban J connectivity index is 1.88. The number of nitrogens with zero attached hydrogens (tertiary/aromatic N) is 4. The molecule has 0 N–H and O–H groups in total. The van der Waals surface area contributed by atoms with Crippen molar-refractivity contribution < 1.29 is 0 Å². The van der Waals surface area contributed by atoms with Crippen LogP contribution in [0, 0.1) is 0 Å². The van der Waals surface area contributed by atoms with Crippen LogP contribution in [0.3, 0.4) is 0 Å². The van der Waals surface area contributed by atoms with Gasteiger partial charge < -0.3 is 4.57 Å². The van der Waals surface area contributed by atoms with E-state index < -0.39 is 0 Å². The van der Waals surface area contributed by atoms with Gasteiger partial charge in [0.1, 0.15) is 15.8 Å². The van der Waals surface area contributed by atoms with Crippen LogP contribution in [0.5, 0.6) is 0 Å². The molecule has 3 aromatic heterocycles. The van der Waals surface area contributed by atoms with Crippen LogP contribution in [-0.4, -0.2) is 14.5 Å². The Labute approximate surface area is 154 Å². The smallest absolute Gasteiger partial charge is 0.129 e. The Morgan fingerprint density at radius 1 is 0.833 bits per heavy atom. The number of hydrogen-bond acceptors (Lipinski definition) is 3. The van der Waals surface area contributed by atoms with Gasteiger partial charge in [-0.25, -0.2) is 9.97 Å². The van der Waals surface area contributed by atoms with Crippen molar-refractivity contribution >= 4 is 34.8 Å². The van der Waals surface area contributed by atoms with Gasteiger partial charge in [0, 0.05) is 18.6 Å². The maximum atomic E-state index is 6.12. The highest BCUT2D eigenvalue weighted by Gasteiger charge is 2.00. The highest BCUT2D eigenvalue weighted by atomic mass is 35.5. The number of aromatic nitrogens is 3. The second-order valence-corrected chi connectivity index (χ2v) is 6.34. The van der Waals surface area contributed by atoms with Crippen molar-refractivity contribution in [2.24, 2.45) is 4.99 Å². The molecule has 0 fully saturated rings. The summed E-state index contributed by atoms with van der Waals surface area (Å²) in [6.45, 7) is 1.10. The first-order valence-corrected chi connectivity index (χ1v) is 8.31. The molecule has 0 aliphatic carbocycles. The van der Waals surface area contributed by atoms with E-state index in [1.165, 1.54) is 0 Å². The molecular weight excluding hydrogens is 367 g/mol. The lowest BCUT2D eigenvalue weighted by Crippen LogP contribution is -2.21. The Morgan fingerprint density at radius 2 is 1.50 bits per heavy atom. The van der Waals surface area contributed by atoms with E-state index in [0.717, 1.165) is 16.6 Å². The van der Waals surface area contributed by atoms with E-state index in [9.17, 15) is 0 Å². The molecule has 0 unspecified atom stereocenters. The SMILES string of the molecule is Clc1cc/c(=N/Cc2ccc(Cl)nc2)n(Cc2ccc(Cl)nc2)c1. The summed E-state index contributed by atoms with van der Waals surface area (Å²) in [7, 11) is 0. The quantitative estimate of drug-likeness (QED) is 0.631. The fourth-order valence-corrected chi connectivity index (χ4v) is 2.55. The van der Waals surface area contributed by atoms with Gasteiger partial charge in [-0.1, -0.05) is 46.9 Å². The Morgan fingerprint density at radius 3 is 2.12 bits per heavy atom. The fraction of sp³-hybridized carbons (Fsp3) is 0.118. The van der Waals surface area contributed by atoms with Crippen LogP contribution in [0.1, 0.15) is 11.1 Å². The molecule has 0 aliphatic rings. The van der Waals surface area contributed by atoms with Crippen molar-refractivity contribution in [3.8, 4) is 0 Å². The third-order valence-corrected chi connectivity index (χ3v) is 3.99. The van der Waals surface area contributed by atoms with Gasteiger partial charge in [-0.3, -0.25) is 4.99 Å². The van der Waals surface area contributed by atoms with E-state index in [1.54, 1.807) is 24.5 Å². The number of halogens is 3. The van der Waals surface area contributed by atoms with Crippen LogP contribution in [-0.2, 0) is 13.1 Å². The zero-order valence-corrected chi connectivity index (χ0v) is 14.8. The molecule has 3 heterocycles. The largest absolute Gasteiger partial charge is 0.327 e. The molecular formula is C17H13Cl3N4. The minimum atomic E-state index is 0.468. The molecule has 0 bridgehead atoms. The number of pyridine rings is 3. The maximum absolute atomic E-state index is 6.12.